The van der Waals surface area contributed by atoms with Crippen LogP contribution in [-0.4, -0.2) is 28.7 Å². The van der Waals surface area contributed by atoms with Gasteiger partial charge in [0.05, 0.1) is 17.8 Å². The molecule has 0 aliphatic rings. The van der Waals surface area contributed by atoms with E-state index in [0.717, 1.165) is 23.1 Å². The Kier molecular flexibility index (Phi) is 5.37. The van der Waals surface area contributed by atoms with Crippen LogP contribution < -0.4 is 10.1 Å². The minimum absolute atomic E-state index is 0.0571. The molecule has 9 heteroatoms. The summed E-state index contributed by atoms with van der Waals surface area (Å²) in [7, 11) is 1.59. The van der Waals surface area contributed by atoms with Gasteiger partial charge in [-0.05, 0) is 23.8 Å². The van der Waals surface area contributed by atoms with Gasteiger partial charge in [-0.15, -0.1) is 0 Å². The predicted molar refractivity (Wildman–Crippen MR) is 96.2 cm³/mol. The Hall–Kier alpha value is -3.07. The quantitative estimate of drug-likeness (QED) is 0.385. The molecule has 0 aliphatic carbocycles. The highest BCUT2D eigenvalue weighted by Crippen LogP contribution is 2.26. The van der Waals surface area contributed by atoms with Gasteiger partial charge >= 0.3 is 0 Å². The average molecular weight is 373 g/mol. The number of hydrogen-bond donors (Lipinski definition) is 1. The molecule has 1 amide bonds. The number of fused-ring (bicyclic) bond motifs is 1. The van der Waals surface area contributed by atoms with Gasteiger partial charge in [-0.2, -0.15) is 0 Å². The zero-order valence-corrected chi connectivity index (χ0v) is 14.6. The lowest BCUT2D eigenvalue weighted by Crippen LogP contribution is -2.24. The van der Waals surface area contributed by atoms with Gasteiger partial charge in [-0.3, -0.25) is 14.9 Å². The first-order valence-corrected chi connectivity index (χ1v) is 8.61. The van der Waals surface area contributed by atoms with Crippen LogP contribution in [0.4, 0.5) is 5.69 Å². The van der Waals surface area contributed by atoms with Crippen LogP contribution in [0.25, 0.3) is 11.1 Å². The number of carbonyl (C=O) groups excluding carboxylic acids is 1. The van der Waals surface area contributed by atoms with Crippen molar-refractivity contribution in [3.63, 3.8) is 0 Å². The molecule has 3 aromatic rings. The summed E-state index contributed by atoms with van der Waals surface area (Å²) in [6, 6.07) is 11.6. The van der Waals surface area contributed by atoms with E-state index in [1.54, 1.807) is 7.11 Å². The van der Waals surface area contributed by atoms with Crippen LogP contribution in [0.2, 0.25) is 0 Å². The van der Waals surface area contributed by atoms with Crippen molar-refractivity contribution in [2.24, 2.45) is 0 Å². The van der Waals surface area contributed by atoms with E-state index in [1.165, 1.54) is 18.2 Å². The number of methoxy groups -OCH3 is 1. The first-order chi connectivity index (χ1) is 12.5. The summed E-state index contributed by atoms with van der Waals surface area (Å²) in [5, 5.41) is 13.9. The van der Waals surface area contributed by atoms with Gasteiger partial charge in [-0.25, -0.2) is 4.98 Å². The van der Waals surface area contributed by atoms with E-state index >= 15 is 0 Å². The summed E-state index contributed by atoms with van der Waals surface area (Å²) in [5.74, 6) is 0.677. The minimum atomic E-state index is -0.493. The van der Waals surface area contributed by atoms with Gasteiger partial charge in [0, 0.05) is 18.7 Å². The van der Waals surface area contributed by atoms with Crippen molar-refractivity contribution in [1.29, 1.82) is 0 Å². The number of oxazole rings is 1. The predicted octanol–water partition coefficient (Wildman–Crippen LogP) is 3.15. The highest BCUT2D eigenvalue weighted by Gasteiger charge is 2.13. The van der Waals surface area contributed by atoms with E-state index in [0.29, 0.717) is 17.6 Å². The Morgan fingerprint density at radius 3 is 2.96 bits per heavy atom. The molecule has 2 aromatic carbocycles. The van der Waals surface area contributed by atoms with E-state index in [4.69, 9.17) is 9.15 Å². The molecule has 8 nitrogen and oxygen atoms in total. The summed E-state index contributed by atoms with van der Waals surface area (Å²) < 4.78 is 10.6. The van der Waals surface area contributed by atoms with Crippen LogP contribution in [0, 0.1) is 10.1 Å². The smallest absolute Gasteiger partial charge is 0.271 e. The molecule has 0 spiro atoms. The lowest BCUT2D eigenvalue weighted by molar-refractivity contribution is -0.384. The number of nitro groups is 1. The third kappa shape index (κ3) is 4.31. The molecule has 26 heavy (non-hydrogen) atoms. The molecule has 0 saturated carbocycles. The van der Waals surface area contributed by atoms with Crippen molar-refractivity contribution in [2.45, 2.75) is 11.8 Å². The second-order valence-electron chi connectivity index (χ2n) is 5.31. The maximum atomic E-state index is 12.0. The Morgan fingerprint density at radius 1 is 1.35 bits per heavy atom. The van der Waals surface area contributed by atoms with Crippen molar-refractivity contribution >= 4 is 34.5 Å². The molecule has 1 heterocycles. The maximum Gasteiger partial charge on any atom is 0.271 e. The molecule has 134 valence electrons. The standard InChI is InChI=1S/C17H15N3O5S/c1-24-13-4-2-3-11(7-13)9-18-16(21)10-26-17-19-14-8-12(20(22)23)5-6-15(14)25-17/h2-8H,9-10H2,1H3,(H,18,21). The first-order valence-electron chi connectivity index (χ1n) is 7.62. The fraction of sp³-hybridized carbons (Fsp3) is 0.176. The number of nitro benzene ring substituents is 1. The molecule has 0 bridgehead atoms. The van der Waals surface area contributed by atoms with Crippen LogP contribution in [0.5, 0.6) is 5.75 Å². The highest BCUT2D eigenvalue weighted by atomic mass is 32.2. The summed E-state index contributed by atoms with van der Waals surface area (Å²) in [5.41, 5.74) is 1.70. The fourth-order valence-electron chi connectivity index (χ4n) is 2.23. The maximum absolute atomic E-state index is 12.0. The number of amides is 1. The molecule has 0 aliphatic heterocycles. The van der Waals surface area contributed by atoms with E-state index < -0.39 is 4.92 Å². The summed E-state index contributed by atoms with van der Waals surface area (Å²) in [4.78, 5) is 26.4. The third-order valence-corrected chi connectivity index (χ3v) is 4.34. The number of non-ortho nitro benzene ring substituents is 1. The second kappa shape index (κ2) is 7.87. The molecular weight excluding hydrogens is 358 g/mol. The zero-order valence-electron chi connectivity index (χ0n) is 13.8. The number of benzene rings is 2. The van der Waals surface area contributed by atoms with Gasteiger partial charge in [0.1, 0.15) is 11.3 Å². The fourth-order valence-corrected chi connectivity index (χ4v) is 2.90. The van der Waals surface area contributed by atoms with Crippen molar-refractivity contribution < 1.29 is 18.9 Å². The Balaban J connectivity index is 1.55. The molecule has 0 atom stereocenters. The zero-order chi connectivity index (χ0) is 18.5. The summed E-state index contributed by atoms with van der Waals surface area (Å²) in [6.45, 7) is 0.385. The number of nitrogens with one attached hydrogen (secondary N) is 1. The van der Waals surface area contributed by atoms with E-state index in [2.05, 4.69) is 10.3 Å². The van der Waals surface area contributed by atoms with Crippen LogP contribution in [0.3, 0.4) is 0 Å². The average Bonchev–Trinajstić information content (AvgIpc) is 3.07. The number of thioether (sulfide) groups is 1. The minimum Gasteiger partial charge on any atom is -0.497 e. The van der Waals surface area contributed by atoms with Gasteiger partial charge in [0.25, 0.3) is 10.9 Å². The summed E-state index contributed by atoms with van der Waals surface area (Å²) >= 11 is 1.13. The lowest BCUT2D eigenvalue weighted by atomic mass is 10.2. The number of rotatable bonds is 7. The number of nitrogens with zero attached hydrogens (tertiary/aromatic N) is 2. The van der Waals surface area contributed by atoms with E-state index in [1.807, 2.05) is 24.3 Å². The first kappa shape index (κ1) is 17.7. The normalized spacial score (nSPS) is 10.7. The van der Waals surface area contributed by atoms with E-state index in [9.17, 15) is 14.9 Å². The van der Waals surface area contributed by atoms with Crippen molar-refractivity contribution in [3.8, 4) is 5.75 Å². The summed E-state index contributed by atoms with van der Waals surface area (Å²) in [6.07, 6.45) is 0. The van der Waals surface area contributed by atoms with Gasteiger partial charge in [0.2, 0.25) is 5.91 Å². The molecule has 1 N–H and O–H groups in total. The molecule has 0 radical (unpaired) electrons. The number of aromatic nitrogens is 1. The van der Waals surface area contributed by atoms with Crippen LogP contribution >= 0.6 is 11.8 Å². The Bertz CT molecular complexity index is 956. The second-order valence-corrected chi connectivity index (χ2v) is 6.23. The number of ether oxygens (including phenoxy) is 1. The van der Waals surface area contributed by atoms with Gasteiger partial charge < -0.3 is 14.5 Å². The van der Waals surface area contributed by atoms with Gasteiger partial charge in [-0.1, -0.05) is 23.9 Å². The van der Waals surface area contributed by atoms with Crippen LogP contribution in [0.1, 0.15) is 5.56 Å². The van der Waals surface area contributed by atoms with Crippen LogP contribution in [0.15, 0.2) is 52.1 Å². The number of carbonyl (C=O) groups is 1. The molecule has 0 unspecified atom stereocenters. The third-order valence-electron chi connectivity index (χ3n) is 3.51. The Labute approximate surface area is 152 Å². The van der Waals surface area contributed by atoms with E-state index in [-0.39, 0.29) is 22.6 Å². The molecule has 0 fully saturated rings. The SMILES string of the molecule is COc1cccc(CNC(=O)CSc2nc3cc([N+](=O)[O-])ccc3o2)c1. The molecule has 1 aromatic heterocycles. The highest BCUT2D eigenvalue weighted by molar-refractivity contribution is 7.99. The van der Waals surface area contributed by atoms with Crippen molar-refractivity contribution in [2.75, 3.05) is 12.9 Å². The topological polar surface area (TPSA) is 108 Å². The monoisotopic (exact) mass is 373 g/mol. The van der Waals surface area contributed by atoms with Crippen molar-refractivity contribution in [3.05, 3.63) is 58.1 Å². The largest absolute Gasteiger partial charge is 0.497 e. The lowest BCUT2D eigenvalue weighted by Gasteiger charge is -2.06. The molecule has 0 saturated heterocycles. The number of hydrogen-bond acceptors (Lipinski definition) is 7. The van der Waals surface area contributed by atoms with Crippen LogP contribution in [-0.2, 0) is 11.3 Å². The Morgan fingerprint density at radius 2 is 2.19 bits per heavy atom. The van der Waals surface area contributed by atoms with Crippen molar-refractivity contribution in [1.82, 2.24) is 10.3 Å². The molecular formula is C17H15N3O5S. The molecule has 3 rings (SSSR count). The van der Waals surface area contributed by atoms with Gasteiger partial charge in [0.15, 0.2) is 5.58 Å².